The summed E-state index contributed by atoms with van der Waals surface area (Å²) in [5, 5.41) is 2.36. The lowest BCUT2D eigenvalue weighted by atomic mass is 10.1. The smallest absolute Gasteiger partial charge is 0.00669 e. The standard InChI is InChI=1S/C16H16S/c1-12-6-5-9-16(17)13(2)11-15-8-4-3-7-14(15)10-12/h3-4,7-11,17H,1-2,5-6H2/b14-10-,15-11-,16-9+. The Labute approximate surface area is 108 Å². The molecular weight excluding hydrogens is 224 g/mol. The number of fused-ring (bicyclic) bond motifs is 1. The van der Waals surface area contributed by atoms with Crippen LogP contribution in [0.3, 0.4) is 0 Å². The van der Waals surface area contributed by atoms with Gasteiger partial charge in [-0.1, -0.05) is 55.1 Å². The highest BCUT2D eigenvalue weighted by Crippen LogP contribution is 2.16. The van der Waals surface area contributed by atoms with E-state index in [9.17, 15) is 0 Å². The quantitative estimate of drug-likeness (QED) is 0.662. The second-order valence-corrected chi connectivity index (χ2v) is 4.71. The van der Waals surface area contributed by atoms with Gasteiger partial charge in [-0.3, -0.25) is 0 Å². The summed E-state index contributed by atoms with van der Waals surface area (Å²) in [6.45, 7) is 8.14. The van der Waals surface area contributed by atoms with Crippen molar-refractivity contribution >= 4 is 24.8 Å². The minimum Gasteiger partial charge on any atom is -0.143 e. The maximum Gasteiger partial charge on any atom is 0.00669 e. The van der Waals surface area contributed by atoms with Crippen LogP contribution in [0.5, 0.6) is 0 Å². The van der Waals surface area contributed by atoms with Gasteiger partial charge in [-0.15, -0.1) is 12.6 Å². The number of rotatable bonds is 0. The molecule has 1 heteroatoms. The van der Waals surface area contributed by atoms with Crippen molar-refractivity contribution in [3.8, 4) is 0 Å². The van der Waals surface area contributed by atoms with Crippen molar-refractivity contribution in [2.24, 2.45) is 0 Å². The lowest BCUT2D eigenvalue weighted by Crippen LogP contribution is -2.24. The second-order valence-electron chi connectivity index (χ2n) is 4.23. The first-order valence-electron chi connectivity index (χ1n) is 5.71. The van der Waals surface area contributed by atoms with Gasteiger partial charge in [0.2, 0.25) is 0 Å². The van der Waals surface area contributed by atoms with Crippen molar-refractivity contribution in [1.82, 2.24) is 0 Å². The molecule has 0 aliphatic heterocycles. The number of hydrogen-bond acceptors (Lipinski definition) is 1. The molecule has 0 saturated heterocycles. The van der Waals surface area contributed by atoms with E-state index in [4.69, 9.17) is 0 Å². The minimum absolute atomic E-state index is 0.953. The van der Waals surface area contributed by atoms with E-state index >= 15 is 0 Å². The summed E-state index contributed by atoms with van der Waals surface area (Å²) in [5.74, 6) is 0. The fraction of sp³-hybridized carbons (Fsp3) is 0.125. The first-order chi connectivity index (χ1) is 8.16. The topological polar surface area (TPSA) is 0 Å². The zero-order chi connectivity index (χ0) is 12.3. The maximum atomic E-state index is 4.47. The lowest BCUT2D eigenvalue weighted by Gasteiger charge is -2.04. The molecule has 0 nitrogen and oxygen atoms in total. The molecule has 1 aromatic carbocycles. The lowest BCUT2D eigenvalue weighted by molar-refractivity contribution is 1.02. The van der Waals surface area contributed by atoms with Crippen LogP contribution in [0.4, 0.5) is 0 Å². The van der Waals surface area contributed by atoms with Crippen LogP contribution >= 0.6 is 12.6 Å². The van der Waals surface area contributed by atoms with Gasteiger partial charge in [-0.05, 0) is 34.9 Å². The predicted octanol–water partition coefficient (Wildman–Crippen LogP) is 2.97. The van der Waals surface area contributed by atoms with E-state index < -0.39 is 0 Å². The van der Waals surface area contributed by atoms with Crippen LogP contribution in [-0.2, 0) is 0 Å². The molecule has 0 atom stereocenters. The maximum absolute atomic E-state index is 4.47. The van der Waals surface area contributed by atoms with E-state index in [0.29, 0.717) is 0 Å². The van der Waals surface area contributed by atoms with Crippen LogP contribution in [0, 0.1) is 0 Å². The van der Waals surface area contributed by atoms with Crippen molar-refractivity contribution in [2.45, 2.75) is 12.8 Å². The molecule has 0 fully saturated rings. The normalized spacial score (nSPS) is 23.5. The Morgan fingerprint density at radius 3 is 2.35 bits per heavy atom. The van der Waals surface area contributed by atoms with E-state index in [1.807, 2.05) is 12.1 Å². The third kappa shape index (κ3) is 3.01. The van der Waals surface area contributed by atoms with Gasteiger partial charge in [-0.25, -0.2) is 0 Å². The van der Waals surface area contributed by atoms with Crippen molar-refractivity contribution < 1.29 is 0 Å². The molecule has 1 aromatic rings. The van der Waals surface area contributed by atoms with Gasteiger partial charge in [0.05, 0.1) is 0 Å². The molecule has 0 unspecified atom stereocenters. The molecule has 1 aliphatic rings. The van der Waals surface area contributed by atoms with E-state index in [2.05, 4.69) is 56.1 Å². The number of allylic oxidation sites excluding steroid dienone is 3. The molecular formula is C16H16S. The van der Waals surface area contributed by atoms with Crippen molar-refractivity contribution in [3.63, 3.8) is 0 Å². The molecule has 86 valence electrons. The zero-order valence-corrected chi connectivity index (χ0v) is 10.7. The van der Waals surface area contributed by atoms with Crippen molar-refractivity contribution in [3.05, 3.63) is 70.0 Å². The molecule has 0 N–H and O–H groups in total. The Morgan fingerprint density at radius 1 is 1.00 bits per heavy atom. The monoisotopic (exact) mass is 240 g/mol. The summed E-state index contributed by atoms with van der Waals surface area (Å²) in [6.07, 6.45) is 8.25. The predicted molar refractivity (Wildman–Crippen MR) is 79.2 cm³/mol. The number of benzene rings is 1. The van der Waals surface area contributed by atoms with Crippen LogP contribution in [0.2, 0.25) is 0 Å². The Morgan fingerprint density at radius 2 is 1.65 bits per heavy atom. The molecule has 0 aromatic heterocycles. The van der Waals surface area contributed by atoms with Crippen LogP contribution in [-0.4, -0.2) is 0 Å². The summed E-state index contributed by atoms with van der Waals surface area (Å²) in [6, 6.07) is 8.27. The molecule has 0 saturated carbocycles. The Hall–Kier alpha value is -1.47. The Bertz CT molecular complexity index is 603. The molecule has 1 aliphatic carbocycles. The third-order valence-electron chi connectivity index (χ3n) is 2.82. The van der Waals surface area contributed by atoms with E-state index in [-0.39, 0.29) is 0 Å². The second kappa shape index (κ2) is 5.24. The van der Waals surface area contributed by atoms with Gasteiger partial charge in [0.1, 0.15) is 0 Å². The zero-order valence-electron chi connectivity index (χ0n) is 9.82. The highest BCUT2D eigenvalue weighted by Gasteiger charge is 1.98. The highest BCUT2D eigenvalue weighted by molar-refractivity contribution is 7.84. The average Bonchev–Trinajstić information content (AvgIpc) is 2.30. The fourth-order valence-corrected chi connectivity index (χ4v) is 2.05. The fourth-order valence-electron chi connectivity index (χ4n) is 1.85. The summed E-state index contributed by atoms with van der Waals surface area (Å²) < 4.78 is 0. The Balaban J connectivity index is 2.68. The average molecular weight is 240 g/mol. The van der Waals surface area contributed by atoms with Crippen molar-refractivity contribution in [2.75, 3.05) is 0 Å². The largest absolute Gasteiger partial charge is 0.143 e. The van der Waals surface area contributed by atoms with Gasteiger partial charge >= 0.3 is 0 Å². The summed E-state index contributed by atoms with van der Waals surface area (Å²) >= 11 is 4.47. The molecule has 0 radical (unpaired) electrons. The first-order valence-corrected chi connectivity index (χ1v) is 6.16. The summed E-state index contributed by atoms with van der Waals surface area (Å²) in [7, 11) is 0. The van der Waals surface area contributed by atoms with Gasteiger partial charge < -0.3 is 0 Å². The van der Waals surface area contributed by atoms with Crippen LogP contribution in [0.15, 0.2) is 59.6 Å². The molecule has 0 bridgehead atoms. The number of hydrogen-bond donors (Lipinski definition) is 1. The molecule has 0 heterocycles. The van der Waals surface area contributed by atoms with Crippen LogP contribution < -0.4 is 10.4 Å². The third-order valence-corrected chi connectivity index (χ3v) is 3.29. The summed E-state index contributed by atoms with van der Waals surface area (Å²) in [4.78, 5) is 0.953. The van der Waals surface area contributed by atoms with Gasteiger partial charge in [0.15, 0.2) is 0 Å². The summed E-state index contributed by atoms with van der Waals surface area (Å²) in [5.41, 5.74) is 2.11. The van der Waals surface area contributed by atoms with E-state index in [0.717, 1.165) is 28.9 Å². The van der Waals surface area contributed by atoms with Gasteiger partial charge in [0, 0.05) is 4.91 Å². The minimum atomic E-state index is 0.953. The Kier molecular flexibility index (Phi) is 3.70. The van der Waals surface area contributed by atoms with E-state index in [1.165, 1.54) is 10.4 Å². The number of thiol groups is 1. The van der Waals surface area contributed by atoms with E-state index in [1.54, 1.807) is 0 Å². The van der Waals surface area contributed by atoms with Gasteiger partial charge in [0.25, 0.3) is 0 Å². The van der Waals surface area contributed by atoms with Crippen molar-refractivity contribution in [1.29, 1.82) is 0 Å². The molecule has 0 spiro atoms. The van der Waals surface area contributed by atoms with Crippen LogP contribution in [0.1, 0.15) is 12.8 Å². The van der Waals surface area contributed by atoms with Crippen LogP contribution in [0.25, 0.3) is 12.2 Å². The first kappa shape index (κ1) is 12.0. The molecule has 0 amide bonds. The molecule has 2 rings (SSSR count). The molecule has 17 heavy (non-hydrogen) atoms. The SMILES string of the molecule is C=C1/C=c2/cccc/c2=C/C(=C)/C(S)=C\CC1. The highest BCUT2D eigenvalue weighted by atomic mass is 32.1. The van der Waals surface area contributed by atoms with Gasteiger partial charge in [-0.2, -0.15) is 0 Å².